The summed E-state index contributed by atoms with van der Waals surface area (Å²) in [5, 5.41) is 0. The van der Waals surface area contributed by atoms with E-state index >= 15 is 0 Å². The lowest BCUT2D eigenvalue weighted by Gasteiger charge is -2.12. The van der Waals surface area contributed by atoms with Crippen LogP contribution in [0, 0.1) is 0 Å². The van der Waals surface area contributed by atoms with E-state index in [1.165, 1.54) is 0 Å². The Kier molecular flexibility index (Phi) is 2.71. The Morgan fingerprint density at radius 1 is 1.43 bits per heavy atom. The summed E-state index contributed by atoms with van der Waals surface area (Å²) in [6, 6.07) is 0. The van der Waals surface area contributed by atoms with Crippen molar-refractivity contribution < 1.29 is 8.22 Å². The molecule has 0 bridgehead atoms. The summed E-state index contributed by atoms with van der Waals surface area (Å²) in [6.45, 7) is 5.96. The van der Waals surface area contributed by atoms with Gasteiger partial charge in [0.15, 0.2) is 8.32 Å². The number of rotatable bonds is 2. The van der Waals surface area contributed by atoms with Gasteiger partial charge in [0.25, 0.3) is 0 Å². The molecular formula is C3H11FOSi2. The molecule has 0 spiro atoms. The summed E-state index contributed by atoms with van der Waals surface area (Å²) >= 11 is 0. The van der Waals surface area contributed by atoms with E-state index in [-0.39, 0.29) is 0 Å². The molecule has 7 heavy (non-hydrogen) atoms. The number of hydrogen-bond donors (Lipinski definition) is 0. The fraction of sp³-hybridized carbons (Fsp3) is 1.00. The largest absolute Gasteiger partial charge is 0.438 e. The van der Waals surface area contributed by atoms with Gasteiger partial charge in [-0.3, -0.25) is 4.11 Å². The molecule has 0 aliphatic heterocycles. The third-order valence-electron chi connectivity index (χ3n) is 0.488. The highest BCUT2D eigenvalue weighted by Crippen LogP contribution is 1.99. The van der Waals surface area contributed by atoms with Gasteiger partial charge in [0.1, 0.15) is 0 Å². The maximum Gasteiger partial charge on any atom is 0.343 e. The van der Waals surface area contributed by atoms with Gasteiger partial charge in [0.2, 0.25) is 0 Å². The zero-order valence-electron chi connectivity index (χ0n) is 4.99. The highest BCUT2D eigenvalue weighted by molar-refractivity contribution is 6.73. The molecule has 0 aromatic rings. The van der Waals surface area contributed by atoms with Gasteiger partial charge in [-0.05, 0) is 19.6 Å². The van der Waals surface area contributed by atoms with E-state index in [0.717, 1.165) is 0 Å². The van der Waals surface area contributed by atoms with Crippen LogP contribution >= 0.6 is 0 Å². The summed E-state index contributed by atoms with van der Waals surface area (Å²) in [5.74, 6) is 0. The van der Waals surface area contributed by atoms with Crippen LogP contribution in [-0.4, -0.2) is 18.4 Å². The first kappa shape index (κ1) is 7.32. The minimum absolute atomic E-state index is 1.47. The Morgan fingerprint density at radius 3 is 1.86 bits per heavy atom. The van der Waals surface area contributed by atoms with Gasteiger partial charge < -0.3 is 4.12 Å². The molecule has 0 aliphatic carbocycles. The molecule has 44 valence electrons. The predicted molar refractivity (Wildman–Crippen MR) is 34.1 cm³/mol. The Bertz CT molecular complexity index is 51.4. The molecule has 0 unspecified atom stereocenters. The van der Waals surface area contributed by atoms with Crippen molar-refractivity contribution in [2.75, 3.05) is 0 Å². The second-order valence-electron chi connectivity index (χ2n) is 2.37. The molecule has 4 heteroatoms. The van der Waals surface area contributed by atoms with Gasteiger partial charge in [-0.15, -0.1) is 0 Å². The first-order chi connectivity index (χ1) is 3.06. The average molecular weight is 138 g/mol. The van der Waals surface area contributed by atoms with Crippen LogP contribution in [0.25, 0.3) is 0 Å². The molecule has 0 N–H and O–H groups in total. The molecule has 0 atom stereocenters. The Morgan fingerprint density at radius 2 is 1.86 bits per heavy atom. The smallest absolute Gasteiger partial charge is 0.343 e. The lowest BCUT2D eigenvalue weighted by molar-refractivity contribution is 0.537. The van der Waals surface area contributed by atoms with Gasteiger partial charge >= 0.3 is 10.1 Å². The molecule has 0 aliphatic rings. The molecule has 0 aromatic carbocycles. The van der Waals surface area contributed by atoms with Crippen LogP contribution in [-0.2, 0) is 4.12 Å². The van der Waals surface area contributed by atoms with Crippen LogP contribution in [0.4, 0.5) is 4.11 Å². The van der Waals surface area contributed by atoms with Crippen molar-refractivity contribution in [3.8, 4) is 0 Å². The van der Waals surface area contributed by atoms with Crippen LogP contribution in [0.2, 0.25) is 19.6 Å². The fourth-order valence-corrected chi connectivity index (χ4v) is 1.47. The van der Waals surface area contributed by atoms with E-state index in [9.17, 15) is 4.11 Å². The summed E-state index contributed by atoms with van der Waals surface area (Å²) in [5.41, 5.74) is 0. The van der Waals surface area contributed by atoms with Crippen LogP contribution < -0.4 is 0 Å². The number of halogens is 1. The maximum atomic E-state index is 11.4. The van der Waals surface area contributed by atoms with Gasteiger partial charge in [-0.1, -0.05) is 0 Å². The molecule has 0 heterocycles. The lowest BCUT2D eigenvalue weighted by Crippen LogP contribution is -2.25. The molecule has 0 fully saturated rings. The van der Waals surface area contributed by atoms with Crippen molar-refractivity contribution in [2.45, 2.75) is 19.6 Å². The van der Waals surface area contributed by atoms with Gasteiger partial charge in [-0.25, -0.2) is 0 Å². The SMILES string of the molecule is C[Si](C)(C)O[SiH2]F. The summed E-state index contributed by atoms with van der Waals surface area (Å²) < 4.78 is 16.3. The van der Waals surface area contributed by atoms with Crippen LogP contribution in [0.1, 0.15) is 0 Å². The molecule has 0 saturated heterocycles. The Hall–Kier alpha value is 0.324. The van der Waals surface area contributed by atoms with Crippen molar-refractivity contribution in [3.63, 3.8) is 0 Å². The Labute approximate surface area is 47.1 Å². The Balaban J connectivity index is 3.15. The minimum atomic E-state index is -1.63. The van der Waals surface area contributed by atoms with E-state index in [1.807, 2.05) is 19.6 Å². The van der Waals surface area contributed by atoms with Gasteiger partial charge in [-0.2, -0.15) is 0 Å². The fourth-order valence-electron chi connectivity index (χ4n) is 0.164. The average Bonchev–Trinajstić information content (AvgIpc) is 1.30. The van der Waals surface area contributed by atoms with Crippen molar-refractivity contribution in [3.05, 3.63) is 0 Å². The monoisotopic (exact) mass is 138 g/mol. The van der Waals surface area contributed by atoms with Crippen LogP contribution in [0.5, 0.6) is 0 Å². The topological polar surface area (TPSA) is 9.23 Å². The van der Waals surface area contributed by atoms with Gasteiger partial charge in [0.05, 0.1) is 0 Å². The zero-order chi connectivity index (χ0) is 5.91. The zero-order valence-corrected chi connectivity index (χ0v) is 7.41. The molecule has 0 amide bonds. The van der Waals surface area contributed by atoms with Crippen molar-refractivity contribution >= 4 is 18.4 Å². The predicted octanol–water partition coefficient (Wildman–Crippen LogP) is 0.806. The van der Waals surface area contributed by atoms with E-state index < -0.39 is 18.4 Å². The summed E-state index contributed by atoms with van der Waals surface area (Å²) in [6.07, 6.45) is 0. The van der Waals surface area contributed by atoms with E-state index in [0.29, 0.717) is 0 Å². The molecule has 0 saturated carbocycles. The molecule has 0 radical (unpaired) electrons. The van der Waals surface area contributed by atoms with E-state index in [1.54, 1.807) is 0 Å². The van der Waals surface area contributed by atoms with Crippen LogP contribution in [0.15, 0.2) is 0 Å². The molecule has 0 aromatic heterocycles. The van der Waals surface area contributed by atoms with E-state index in [2.05, 4.69) is 0 Å². The van der Waals surface area contributed by atoms with Crippen molar-refractivity contribution in [1.29, 1.82) is 0 Å². The first-order valence-corrected chi connectivity index (χ1v) is 6.78. The molecule has 0 rings (SSSR count). The minimum Gasteiger partial charge on any atom is -0.438 e. The quantitative estimate of drug-likeness (QED) is 0.405. The molecular weight excluding hydrogens is 127 g/mol. The summed E-state index contributed by atoms with van der Waals surface area (Å²) in [4.78, 5) is 0. The van der Waals surface area contributed by atoms with Gasteiger partial charge in [0, 0.05) is 0 Å². The highest BCUT2D eigenvalue weighted by Gasteiger charge is 2.12. The van der Waals surface area contributed by atoms with Crippen molar-refractivity contribution in [1.82, 2.24) is 0 Å². The first-order valence-electron chi connectivity index (χ1n) is 2.26. The third-order valence-corrected chi connectivity index (χ3v) is 4.39. The highest BCUT2D eigenvalue weighted by atomic mass is 28.4. The van der Waals surface area contributed by atoms with E-state index in [4.69, 9.17) is 4.12 Å². The second-order valence-corrected chi connectivity index (χ2v) is 7.96. The normalized spacial score (nSPS) is 13.7. The molecule has 1 nitrogen and oxygen atoms in total. The summed E-state index contributed by atoms with van der Waals surface area (Å²) in [7, 11) is -3.10. The number of hydrogen-bond acceptors (Lipinski definition) is 1. The van der Waals surface area contributed by atoms with Crippen molar-refractivity contribution in [2.24, 2.45) is 0 Å². The lowest BCUT2D eigenvalue weighted by atomic mass is 11.8. The third kappa shape index (κ3) is 6.32. The van der Waals surface area contributed by atoms with Crippen LogP contribution in [0.3, 0.4) is 0 Å². The maximum absolute atomic E-state index is 11.4. The standard InChI is InChI=1S/C3H11FOSi2/c1-7(2,3)5-6-4/h6H2,1-3H3. The second kappa shape index (κ2) is 2.59.